The molecule has 136 valence electrons. The standard InChI is InChI=1S/C18H31N5.HI/c1-15(2)21-18(19)20-10-7-11-23-13-12-22(3)14-17(23)16-8-5-4-6-9-16;/h4-6,8-9,15,17H,7,10-14H2,1-3H3,(H3,19,20,21);1H. The Morgan fingerprint density at radius 2 is 2.00 bits per heavy atom. The van der Waals surface area contributed by atoms with Crippen molar-refractivity contribution in [2.75, 3.05) is 39.8 Å². The summed E-state index contributed by atoms with van der Waals surface area (Å²) in [6.45, 7) is 9.30. The van der Waals surface area contributed by atoms with Gasteiger partial charge in [0, 0.05) is 44.8 Å². The van der Waals surface area contributed by atoms with Gasteiger partial charge in [-0.05, 0) is 32.9 Å². The third-order valence-electron chi connectivity index (χ3n) is 4.20. The van der Waals surface area contributed by atoms with E-state index in [0.717, 1.165) is 39.1 Å². The van der Waals surface area contributed by atoms with E-state index in [9.17, 15) is 0 Å². The number of aliphatic imine (C=N–C) groups is 1. The molecule has 2 rings (SSSR count). The van der Waals surface area contributed by atoms with Gasteiger partial charge in [-0.1, -0.05) is 30.3 Å². The molecule has 1 atom stereocenters. The van der Waals surface area contributed by atoms with E-state index in [4.69, 9.17) is 5.73 Å². The molecule has 1 saturated heterocycles. The molecular weight excluding hydrogens is 413 g/mol. The summed E-state index contributed by atoms with van der Waals surface area (Å²) in [5.74, 6) is 0.554. The van der Waals surface area contributed by atoms with Crippen LogP contribution in [0.3, 0.4) is 0 Å². The highest BCUT2D eigenvalue weighted by Crippen LogP contribution is 2.24. The van der Waals surface area contributed by atoms with Crippen molar-refractivity contribution < 1.29 is 0 Å². The number of hydrogen-bond acceptors (Lipinski definition) is 3. The molecule has 0 bridgehead atoms. The fourth-order valence-electron chi connectivity index (χ4n) is 3.03. The molecule has 3 N–H and O–H groups in total. The molecule has 1 unspecified atom stereocenters. The van der Waals surface area contributed by atoms with Gasteiger partial charge in [0.1, 0.15) is 0 Å². The fraction of sp³-hybridized carbons (Fsp3) is 0.611. The zero-order chi connectivity index (χ0) is 16.7. The number of benzene rings is 1. The van der Waals surface area contributed by atoms with Crippen LogP contribution in [-0.2, 0) is 0 Å². The Hall–Kier alpha value is -0.860. The van der Waals surface area contributed by atoms with E-state index in [0.29, 0.717) is 18.0 Å². The Balaban J connectivity index is 0.00000288. The second-order valence-corrected chi connectivity index (χ2v) is 6.64. The molecule has 0 spiro atoms. The van der Waals surface area contributed by atoms with Crippen LogP contribution >= 0.6 is 24.0 Å². The molecule has 0 saturated carbocycles. The number of halogens is 1. The van der Waals surface area contributed by atoms with Crippen LogP contribution in [0.4, 0.5) is 0 Å². The summed E-state index contributed by atoms with van der Waals surface area (Å²) < 4.78 is 0. The maximum absolute atomic E-state index is 5.85. The van der Waals surface area contributed by atoms with Crippen LogP contribution in [0.1, 0.15) is 31.9 Å². The first kappa shape index (κ1) is 21.2. The molecule has 1 aliphatic rings. The van der Waals surface area contributed by atoms with Crippen LogP contribution < -0.4 is 11.1 Å². The van der Waals surface area contributed by atoms with Gasteiger partial charge in [0.15, 0.2) is 5.96 Å². The van der Waals surface area contributed by atoms with Crippen molar-refractivity contribution in [2.24, 2.45) is 10.7 Å². The fourth-order valence-corrected chi connectivity index (χ4v) is 3.03. The van der Waals surface area contributed by atoms with Gasteiger partial charge in [-0.15, -0.1) is 24.0 Å². The smallest absolute Gasteiger partial charge is 0.188 e. The average Bonchev–Trinajstić information content (AvgIpc) is 2.53. The van der Waals surface area contributed by atoms with E-state index >= 15 is 0 Å². The van der Waals surface area contributed by atoms with E-state index < -0.39 is 0 Å². The maximum Gasteiger partial charge on any atom is 0.188 e. The van der Waals surface area contributed by atoms with E-state index in [-0.39, 0.29) is 24.0 Å². The van der Waals surface area contributed by atoms with Gasteiger partial charge < -0.3 is 16.0 Å². The van der Waals surface area contributed by atoms with Crippen molar-refractivity contribution in [2.45, 2.75) is 32.4 Å². The van der Waals surface area contributed by atoms with Gasteiger partial charge >= 0.3 is 0 Å². The third kappa shape index (κ3) is 6.94. The Morgan fingerprint density at radius 1 is 1.29 bits per heavy atom. The Labute approximate surface area is 163 Å². The van der Waals surface area contributed by atoms with E-state index in [1.807, 2.05) is 0 Å². The number of piperazine rings is 1. The molecule has 0 radical (unpaired) electrons. The molecule has 24 heavy (non-hydrogen) atoms. The van der Waals surface area contributed by atoms with Crippen molar-refractivity contribution in [1.82, 2.24) is 15.1 Å². The van der Waals surface area contributed by atoms with Crippen molar-refractivity contribution >= 4 is 29.9 Å². The van der Waals surface area contributed by atoms with E-state index in [1.54, 1.807) is 0 Å². The predicted molar refractivity (Wildman–Crippen MR) is 113 cm³/mol. The van der Waals surface area contributed by atoms with Crippen LogP contribution in [0, 0.1) is 0 Å². The molecule has 1 aromatic rings. The summed E-state index contributed by atoms with van der Waals surface area (Å²) in [7, 11) is 2.20. The van der Waals surface area contributed by atoms with Gasteiger partial charge in [0.2, 0.25) is 0 Å². The zero-order valence-electron chi connectivity index (χ0n) is 15.1. The Morgan fingerprint density at radius 3 is 2.67 bits per heavy atom. The number of hydrogen-bond donors (Lipinski definition) is 2. The first-order valence-corrected chi connectivity index (χ1v) is 8.60. The number of guanidine groups is 1. The van der Waals surface area contributed by atoms with Crippen LogP contribution in [0.15, 0.2) is 35.3 Å². The quantitative estimate of drug-likeness (QED) is 0.306. The largest absolute Gasteiger partial charge is 0.370 e. The maximum atomic E-state index is 5.85. The summed E-state index contributed by atoms with van der Waals surface area (Å²) >= 11 is 0. The minimum absolute atomic E-state index is 0. The van der Waals surface area contributed by atoms with Gasteiger partial charge in [0.25, 0.3) is 0 Å². The highest BCUT2D eigenvalue weighted by Gasteiger charge is 2.25. The molecule has 6 heteroatoms. The summed E-state index contributed by atoms with van der Waals surface area (Å²) in [6.07, 6.45) is 1.04. The first-order chi connectivity index (χ1) is 11.1. The molecular formula is C18H32IN5. The first-order valence-electron chi connectivity index (χ1n) is 8.60. The number of nitrogens with two attached hydrogens (primary N) is 1. The van der Waals surface area contributed by atoms with Crippen molar-refractivity contribution in [3.8, 4) is 0 Å². The molecule has 0 amide bonds. The topological polar surface area (TPSA) is 56.9 Å². The summed E-state index contributed by atoms with van der Waals surface area (Å²) in [5, 5.41) is 3.13. The lowest BCUT2D eigenvalue weighted by Crippen LogP contribution is -2.47. The minimum Gasteiger partial charge on any atom is -0.370 e. The minimum atomic E-state index is 0. The normalized spacial score (nSPS) is 20.0. The lowest BCUT2D eigenvalue weighted by molar-refractivity contribution is 0.0894. The van der Waals surface area contributed by atoms with Crippen molar-refractivity contribution in [3.05, 3.63) is 35.9 Å². The van der Waals surface area contributed by atoms with Crippen LogP contribution in [-0.4, -0.2) is 61.6 Å². The van der Waals surface area contributed by atoms with Crippen molar-refractivity contribution in [1.29, 1.82) is 0 Å². The molecule has 0 aromatic heterocycles. The Kier molecular flexibility index (Phi) is 9.61. The summed E-state index contributed by atoms with van der Waals surface area (Å²) in [4.78, 5) is 9.40. The van der Waals surface area contributed by atoms with E-state index in [2.05, 4.69) is 71.3 Å². The highest BCUT2D eigenvalue weighted by molar-refractivity contribution is 14.0. The van der Waals surface area contributed by atoms with Crippen LogP contribution in [0.25, 0.3) is 0 Å². The van der Waals surface area contributed by atoms with Gasteiger partial charge in [0.05, 0.1) is 0 Å². The lowest BCUT2D eigenvalue weighted by atomic mass is 10.0. The van der Waals surface area contributed by atoms with Gasteiger partial charge in [-0.2, -0.15) is 0 Å². The van der Waals surface area contributed by atoms with Crippen LogP contribution in [0.5, 0.6) is 0 Å². The molecule has 1 fully saturated rings. The highest BCUT2D eigenvalue weighted by atomic mass is 127. The van der Waals surface area contributed by atoms with Gasteiger partial charge in [-0.3, -0.25) is 9.89 Å². The second kappa shape index (κ2) is 10.9. The lowest BCUT2D eigenvalue weighted by Gasteiger charge is -2.40. The Bertz CT molecular complexity index is 491. The second-order valence-electron chi connectivity index (χ2n) is 6.64. The summed E-state index contributed by atoms with van der Waals surface area (Å²) in [6, 6.07) is 11.6. The van der Waals surface area contributed by atoms with Gasteiger partial charge in [-0.25, -0.2) is 0 Å². The number of nitrogens with zero attached hydrogens (tertiary/aromatic N) is 3. The molecule has 1 heterocycles. The molecule has 5 nitrogen and oxygen atoms in total. The number of nitrogens with one attached hydrogen (secondary N) is 1. The SMILES string of the molecule is CC(C)NC(N)=NCCCN1CCN(C)CC1c1ccccc1.I. The monoisotopic (exact) mass is 445 g/mol. The predicted octanol–water partition coefficient (Wildman–Crippen LogP) is 2.30. The third-order valence-corrected chi connectivity index (χ3v) is 4.20. The summed E-state index contributed by atoms with van der Waals surface area (Å²) in [5.41, 5.74) is 7.26. The zero-order valence-corrected chi connectivity index (χ0v) is 17.4. The van der Waals surface area contributed by atoms with Crippen LogP contribution in [0.2, 0.25) is 0 Å². The van der Waals surface area contributed by atoms with Crippen molar-refractivity contribution in [3.63, 3.8) is 0 Å². The molecule has 0 aliphatic carbocycles. The molecule has 1 aliphatic heterocycles. The molecule has 1 aromatic carbocycles. The number of rotatable bonds is 6. The number of likely N-dealkylation sites (N-methyl/N-ethyl adjacent to an activating group) is 1. The average molecular weight is 445 g/mol. The van der Waals surface area contributed by atoms with E-state index in [1.165, 1.54) is 5.56 Å².